The molecule has 0 atom stereocenters. The van der Waals surface area contributed by atoms with Crippen LogP contribution in [0.1, 0.15) is 6.92 Å². The molecule has 2 N–H and O–H groups in total. The summed E-state index contributed by atoms with van der Waals surface area (Å²) >= 11 is 0. The van der Waals surface area contributed by atoms with Gasteiger partial charge in [0.05, 0.1) is 5.75 Å². The van der Waals surface area contributed by atoms with Crippen molar-refractivity contribution in [1.82, 2.24) is 5.32 Å². The van der Waals surface area contributed by atoms with Gasteiger partial charge in [-0.1, -0.05) is 6.92 Å². The number of hydrogen-bond acceptors (Lipinski definition) is 4. The Labute approximate surface area is 87.9 Å². The molecule has 15 heavy (non-hydrogen) atoms. The van der Waals surface area contributed by atoms with Crippen molar-refractivity contribution < 1.29 is 23.1 Å². The molecule has 6 nitrogen and oxygen atoms in total. The fourth-order valence-electron chi connectivity index (χ4n) is 0.680. The predicted molar refractivity (Wildman–Crippen MR) is 54.1 cm³/mol. The van der Waals surface area contributed by atoms with Crippen LogP contribution >= 0.6 is 0 Å². The molecule has 0 saturated heterocycles. The van der Waals surface area contributed by atoms with Crippen molar-refractivity contribution in [2.75, 3.05) is 18.1 Å². The molecule has 0 rings (SSSR count). The van der Waals surface area contributed by atoms with E-state index in [-0.39, 0.29) is 18.1 Å². The molecule has 0 aromatic rings. The Morgan fingerprint density at radius 1 is 1.33 bits per heavy atom. The number of carbonyl (C=O) groups excluding carboxylic acids is 1. The molecule has 0 aliphatic heterocycles. The third-order valence-corrected chi connectivity index (χ3v) is 3.24. The van der Waals surface area contributed by atoms with Crippen molar-refractivity contribution in [1.29, 1.82) is 0 Å². The normalized spacial score (nSPS) is 11.5. The molecule has 0 spiro atoms. The van der Waals surface area contributed by atoms with Gasteiger partial charge in [0, 0.05) is 24.4 Å². The largest absolute Gasteiger partial charge is 0.478 e. The third kappa shape index (κ3) is 7.68. The molecule has 0 fully saturated rings. The van der Waals surface area contributed by atoms with Gasteiger partial charge < -0.3 is 10.4 Å². The first-order chi connectivity index (χ1) is 6.87. The van der Waals surface area contributed by atoms with E-state index < -0.39 is 21.7 Å². The van der Waals surface area contributed by atoms with Gasteiger partial charge in [0.15, 0.2) is 9.84 Å². The quantitative estimate of drug-likeness (QED) is 0.586. The van der Waals surface area contributed by atoms with Gasteiger partial charge in [0.2, 0.25) is 5.91 Å². The Morgan fingerprint density at radius 3 is 2.40 bits per heavy atom. The number of carboxylic acid groups (broad SMARTS) is 1. The standard InChI is InChI=1S/C8H13NO5S/c1-2-15(13,14)6-5-9-7(10)3-4-8(11)12/h3-4H,2,5-6H2,1H3,(H,9,10)(H,11,12)/b4-3+. The van der Waals surface area contributed by atoms with Crippen LogP contribution in [0.25, 0.3) is 0 Å². The number of aliphatic carboxylic acids is 1. The van der Waals surface area contributed by atoms with Crippen molar-refractivity contribution >= 4 is 21.7 Å². The van der Waals surface area contributed by atoms with Crippen molar-refractivity contribution in [3.63, 3.8) is 0 Å². The first-order valence-electron chi connectivity index (χ1n) is 4.26. The van der Waals surface area contributed by atoms with Crippen LogP contribution in [0.3, 0.4) is 0 Å². The monoisotopic (exact) mass is 235 g/mol. The summed E-state index contributed by atoms with van der Waals surface area (Å²) in [7, 11) is -3.10. The summed E-state index contributed by atoms with van der Waals surface area (Å²) in [5, 5.41) is 10.5. The molecule has 0 radical (unpaired) electrons. The van der Waals surface area contributed by atoms with Crippen molar-refractivity contribution in [2.45, 2.75) is 6.92 Å². The van der Waals surface area contributed by atoms with Crippen LogP contribution in [-0.4, -0.2) is 43.5 Å². The lowest BCUT2D eigenvalue weighted by atomic mass is 10.4. The van der Waals surface area contributed by atoms with Crippen molar-refractivity contribution in [3.8, 4) is 0 Å². The molecule has 0 unspecified atom stereocenters. The summed E-state index contributed by atoms with van der Waals surface area (Å²) in [5.74, 6) is -1.97. The van der Waals surface area contributed by atoms with Gasteiger partial charge in [0.1, 0.15) is 0 Å². The first-order valence-corrected chi connectivity index (χ1v) is 6.09. The van der Waals surface area contributed by atoms with Gasteiger partial charge in [0.25, 0.3) is 0 Å². The highest BCUT2D eigenvalue weighted by Gasteiger charge is 2.06. The van der Waals surface area contributed by atoms with E-state index in [0.29, 0.717) is 6.08 Å². The maximum atomic E-state index is 11.0. The average molecular weight is 235 g/mol. The van der Waals surface area contributed by atoms with Crippen LogP contribution in [0.5, 0.6) is 0 Å². The van der Waals surface area contributed by atoms with E-state index in [1.54, 1.807) is 0 Å². The van der Waals surface area contributed by atoms with Crippen molar-refractivity contribution in [3.05, 3.63) is 12.2 Å². The SMILES string of the molecule is CCS(=O)(=O)CCNC(=O)/C=C/C(=O)O. The Morgan fingerprint density at radius 2 is 1.93 bits per heavy atom. The number of sulfone groups is 1. The number of carbonyl (C=O) groups is 2. The molecular weight excluding hydrogens is 222 g/mol. The van der Waals surface area contributed by atoms with E-state index in [4.69, 9.17) is 5.11 Å². The zero-order valence-electron chi connectivity index (χ0n) is 8.26. The zero-order valence-corrected chi connectivity index (χ0v) is 9.08. The Hall–Kier alpha value is -1.37. The predicted octanol–water partition coefficient (Wildman–Crippen LogP) is -0.822. The topological polar surface area (TPSA) is 101 Å². The van der Waals surface area contributed by atoms with Crippen LogP contribution in [0.4, 0.5) is 0 Å². The van der Waals surface area contributed by atoms with Crippen LogP contribution in [0.2, 0.25) is 0 Å². The maximum Gasteiger partial charge on any atom is 0.328 e. The van der Waals surface area contributed by atoms with E-state index in [1.807, 2.05) is 0 Å². The van der Waals surface area contributed by atoms with Crippen LogP contribution in [0.15, 0.2) is 12.2 Å². The number of hydrogen-bond donors (Lipinski definition) is 2. The lowest BCUT2D eigenvalue weighted by molar-refractivity contribution is -0.131. The van der Waals surface area contributed by atoms with Crippen LogP contribution in [-0.2, 0) is 19.4 Å². The molecule has 7 heteroatoms. The summed E-state index contributed by atoms with van der Waals surface area (Å²) < 4.78 is 22.0. The summed E-state index contributed by atoms with van der Waals surface area (Å²) in [6.07, 6.45) is 1.52. The summed E-state index contributed by atoms with van der Waals surface area (Å²) in [5.41, 5.74) is 0. The van der Waals surface area contributed by atoms with E-state index in [0.717, 1.165) is 6.08 Å². The molecule has 0 aromatic carbocycles. The zero-order chi connectivity index (χ0) is 11.9. The molecule has 86 valence electrons. The number of carboxylic acids is 1. The van der Waals surface area contributed by atoms with Gasteiger partial charge >= 0.3 is 5.97 Å². The summed E-state index contributed by atoms with van der Waals surface area (Å²) in [6, 6.07) is 0. The highest BCUT2D eigenvalue weighted by Crippen LogP contribution is 1.87. The minimum absolute atomic E-state index is 0.0149. The van der Waals surface area contributed by atoms with E-state index in [2.05, 4.69) is 5.32 Å². The molecule has 0 aromatic heterocycles. The van der Waals surface area contributed by atoms with Gasteiger partial charge in [-0.15, -0.1) is 0 Å². The number of rotatable bonds is 6. The molecule has 0 aliphatic rings. The lowest BCUT2D eigenvalue weighted by Gasteiger charge is -2.01. The second kappa shape index (κ2) is 6.18. The highest BCUT2D eigenvalue weighted by atomic mass is 32.2. The minimum Gasteiger partial charge on any atom is -0.478 e. The summed E-state index contributed by atoms with van der Waals surface area (Å²) in [6.45, 7) is 1.50. The van der Waals surface area contributed by atoms with Gasteiger partial charge in [-0.2, -0.15) is 0 Å². The fourth-order valence-corrected chi connectivity index (χ4v) is 1.38. The van der Waals surface area contributed by atoms with Gasteiger partial charge in [-0.05, 0) is 0 Å². The second-order valence-electron chi connectivity index (χ2n) is 2.70. The molecule has 1 amide bonds. The fraction of sp³-hybridized carbons (Fsp3) is 0.500. The Balaban J connectivity index is 3.89. The maximum absolute atomic E-state index is 11.0. The van der Waals surface area contributed by atoms with E-state index >= 15 is 0 Å². The van der Waals surface area contributed by atoms with Crippen LogP contribution < -0.4 is 5.32 Å². The average Bonchev–Trinajstić information content (AvgIpc) is 2.14. The molecular formula is C8H13NO5S. The minimum atomic E-state index is -3.10. The molecule has 0 heterocycles. The highest BCUT2D eigenvalue weighted by molar-refractivity contribution is 7.91. The molecule has 0 aliphatic carbocycles. The smallest absolute Gasteiger partial charge is 0.328 e. The number of nitrogens with one attached hydrogen (secondary N) is 1. The van der Waals surface area contributed by atoms with Crippen LogP contribution in [0, 0.1) is 0 Å². The molecule has 0 saturated carbocycles. The Kier molecular flexibility index (Phi) is 5.61. The van der Waals surface area contributed by atoms with Gasteiger partial charge in [-0.25, -0.2) is 13.2 Å². The second-order valence-corrected chi connectivity index (χ2v) is 5.17. The lowest BCUT2D eigenvalue weighted by Crippen LogP contribution is -2.28. The Bertz CT molecular complexity index is 357. The number of amides is 1. The molecule has 0 bridgehead atoms. The third-order valence-electron chi connectivity index (χ3n) is 1.53. The van der Waals surface area contributed by atoms with E-state index in [1.165, 1.54) is 6.92 Å². The van der Waals surface area contributed by atoms with Gasteiger partial charge in [-0.3, -0.25) is 4.79 Å². The summed E-state index contributed by atoms with van der Waals surface area (Å²) in [4.78, 5) is 20.9. The van der Waals surface area contributed by atoms with Crippen molar-refractivity contribution in [2.24, 2.45) is 0 Å². The first kappa shape index (κ1) is 13.6. The van der Waals surface area contributed by atoms with E-state index in [9.17, 15) is 18.0 Å².